The molecular weight excluding hydrogens is 360 g/mol. The predicted octanol–water partition coefficient (Wildman–Crippen LogP) is 2.97. The van der Waals surface area contributed by atoms with Crippen LogP contribution in [0.2, 0.25) is 0 Å². The fourth-order valence-corrected chi connectivity index (χ4v) is 2.97. The lowest BCUT2D eigenvalue weighted by atomic mass is 10.3. The van der Waals surface area contributed by atoms with E-state index in [0.29, 0.717) is 49.2 Å². The van der Waals surface area contributed by atoms with Crippen LogP contribution in [0.25, 0.3) is 0 Å². The maximum Gasteiger partial charge on any atom is 0.321 e. The van der Waals surface area contributed by atoms with E-state index >= 15 is 0 Å². The van der Waals surface area contributed by atoms with E-state index in [1.54, 1.807) is 54.3 Å². The number of hydrogen-bond acceptors (Lipinski definition) is 5. The molecule has 2 heterocycles. The van der Waals surface area contributed by atoms with Crippen LogP contribution >= 0.6 is 0 Å². The van der Waals surface area contributed by atoms with Gasteiger partial charge in [0.15, 0.2) is 11.5 Å². The van der Waals surface area contributed by atoms with Crippen molar-refractivity contribution in [2.24, 2.45) is 0 Å². The molecule has 28 heavy (non-hydrogen) atoms. The number of benzene rings is 1. The van der Waals surface area contributed by atoms with Crippen molar-refractivity contribution in [1.29, 1.82) is 0 Å². The number of nitrogens with zero attached hydrogens (tertiary/aromatic N) is 3. The largest absolute Gasteiger partial charge is 0.493 e. The Kier molecular flexibility index (Phi) is 6.31. The number of methoxy groups -OCH3 is 1. The van der Waals surface area contributed by atoms with E-state index in [2.05, 4.69) is 10.3 Å². The molecule has 8 nitrogen and oxygen atoms in total. The predicted molar refractivity (Wildman–Crippen MR) is 105 cm³/mol. The number of urea groups is 1. The molecule has 1 aliphatic heterocycles. The van der Waals surface area contributed by atoms with Crippen molar-refractivity contribution >= 4 is 17.6 Å². The second kappa shape index (κ2) is 9.07. The van der Waals surface area contributed by atoms with Gasteiger partial charge in [0.1, 0.15) is 0 Å². The minimum atomic E-state index is -0.203. The molecule has 2 aromatic rings. The minimum Gasteiger partial charge on any atom is -0.493 e. The van der Waals surface area contributed by atoms with Crippen molar-refractivity contribution in [3.05, 3.63) is 42.6 Å². The van der Waals surface area contributed by atoms with E-state index < -0.39 is 0 Å². The van der Waals surface area contributed by atoms with Crippen LogP contribution in [0.4, 0.5) is 10.5 Å². The molecule has 1 fully saturated rings. The minimum absolute atomic E-state index is 0.0390. The zero-order valence-electron chi connectivity index (χ0n) is 16.1. The van der Waals surface area contributed by atoms with Gasteiger partial charge in [-0.25, -0.2) is 9.78 Å². The summed E-state index contributed by atoms with van der Waals surface area (Å²) in [6.07, 6.45) is 2.30. The van der Waals surface area contributed by atoms with Gasteiger partial charge in [-0.3, -0.25) is 4.79 Å². The van der Waals surface area contributed by atoms with Crippen molar-refractivity contribution in [2.75, 3.05) is 38.6 Å². The Balaban J connectivity index is 1.58. The molecule has 3 amide bonds. The normalized spacial score (nSPS) is 14.2. The molecule has 3 rings (SSSR count). The summed E-state index contributed by atoms with van der Waals surface area (Å²) < 4.78 is 11.0. The van der Waals surface area contributed by atoms with Crippen LogP contribution in [-0.2, 0) is 4.79 Å². The number of pyridine rings is 1. The number of carbonyl (C=O) groups excluding carboxylic acids is 2. The molecule has 0 saturated carbocycles. The number of hydrogen-bond donors (Lipinski definition) is 1. The highest BCUT2D eigenvalue weighted by atomic mass is 16.5. The SMILES string of the molecule is COc1ccccc1Oc1ccc(NC(=O)N2CCCN(C(C)=O)CC2)cn1. The third-order valence-electron chi connectivity index (χ3n) is 4.50. The molecule has 1 aromatic carbocycles. The molecule has 0 unspecified atom stereocenters. The first-order valence-corrected chi connectivity index (χ1v) is 9.15. The molecule has 0 bridgehead atoms. The van der Waals surface area contributed by atoms with Crippen LogP contribution in [0.1, 0.15) is 13.3 Å². The van der Waals surface area contributed by atoms with Gasteiger partial charge in [0, 0.05) is 39.2 Å². The molecule has 1 aliphatic rings. The Morgan fingerprint density at radius 1 is 1.00 bits per heavy atom. The lowest BCUT2D eigenvalue weighted by molar-refractivity contribution is -0.128. The lowest BCUT2D eigenvalue weighted by Crippen LogP contribution is -2.38. The summed E-state index contributed by atoms with van der Waals surface area (Å²) in [6.45, 7) is 3.89. The fraction of sp³-hybridized carbons (Fsp3) is 0.350. The zero-order chi connectivity index (χ0) is 19.9. The number of rotatable bonds is 4. The fourth-order valence-electron chi connectivity index (χ4n) is 2.97. The van der Waals surface area contributed by atoms with Crippen LogP contribution in [0.15, 0.2) is 42.6 Å². The average Bonchev–Trinajstić information content (AvgIpc) is 2.96. The van der Waals surface area contributed by atoms with Gasteiger partial charge in [-0.1, -0.05) is 12.1 Å². The standard InChI is InChI=1S/C20H24N4O4/c1-15(25)23-10-5-11-24(13-12-23)20(26)22-16-8-9-19(21-14-16)28-18-7-4-3-6-17(18)27-2/h3-4,6-9,14H,5,10-13H2,1-2H3,(H,22,26). The van der Waals surface area contributed by atoms with Crippen LogP contribution < -0.4 is 14.8 Å². The summed E-state index contributed by atoms with van der Waals surface area (Å²) in [5.74, 6) is 1.61. The van der Waals surface area contributed by atoms with Crippen molar-refractivity contribution in [1.82, 2.24) is 14.8 Å². The first kappa shape index (κ1) is 19.5. The molecule has 0 radical (unpaired) electrons. The van der Waals surface area contributed by atoms with Gasteiger partial charge in [-0.2, -0.15) is 0 Å². The van der Waals surface area contributed by atoms with Crippen molar-refractivity contribution < 1.29 is 19.1 Å². The van der Waals surface area contributed by atoms with E-state index in [1.807, 2.05) is 12.1 Å². The Bertz CT molecular complexity index is 825. The quantitative estimate of drug-likeness (QED) is 0.876. The summed E-state index contributed by atoms with van der Waals surface area (Å²) in [6, 6.07) is 10.5. The van der Waals surface area contributed by atoms with E-state index in [1.165, 1.54) is 0 Å². The van der Waals surface area contributed by atoms with Gasteiger partial charge >= 0.3 is 6.03 Å². The Morgan fingerprint density at radius 2 is 1.71 bits per heavy atom. The lowest BCUT2D eigenvalue weighted by Gasteiger charge is -2.21. The smallest absolute Gasteiger partial charge is 0.321 e. The second-order valence-electron chi connectivity index (χ2n) is 6.41. The summed E-state index contributed by atoms with van der Waals surface area (Å²) in [5, 5.41) is 2.84. The molecule has 1 aromatic heterocycles. The topological polar surface area (TPSA) is 84.0 Å². The monoisotopic (exact) mass is 384 g/mol. The van der Waals surface area contributed by atoms with E-state index in [0.717, 1.165) is 6.42 Å². The maximum absolute atomic E-state index is 12.5. The molecule has 1 N–H and O–H groups in total. The highest BCUT2D eigenvalue weighted by Crippen LogP contribution is 2.30. The number of amides is 3. The molecular formula is C20H24N4O4. The molecule has 148 valence electrons. The maximum atomic E-state index is 12.5. The Hall–Kier alpha value is -3.29. The van der Waals surface area contributed by atoms with Gasteiger partial charge < -0.3 is 24.6 Å². The zero-order valence-corrected chi connectivity index (χ0v) is 16.1. The highest BCUT2D eigenvalue weighted by molar-refractivity contribution is 5.89. The van der Waals surface area contributed by atoms with Crippen molar-refractivity contribution in [2.45, 2.75) is 13.3 Å². The first-order chi connectivity index (χ1) is 13.6. The van der Waals surface area contributed by atoms with Gasteiger partial charge in [-0.15, -0.1) is 0 Å². The summed E-state index contributed by atoms with van der Waals surface area (Å²) in [7, 11) is 1.58. The van der Waals surface area contributed by atoms with Gasteiger partial charge in [-0.05, 0) is 24.6 Å². The van der Waals surface area contributed by atoms with Gasteiger partial charge in [0.25, 0.3) is 0 Å². The molecule has 0 atom stereocenters. The third-order valence-corrected chi connectivity index (χ3v) is 4.50. The third kappa shape index (κ3) is 4.91. The van der Waals surface area contributed by atoms with E-state index in [9.17, 15) is 9.59 Å². The molecule has 0 spiro atoms. The summed E-state index contributed by atoms with van der Waals surface area (Å²) in [5.41, 5.74) is 0.574. The number of nitrogens with one attached hydrogen (secondary N) is 1. The first-order valence-electron chi connectivity index (χ1n) is 9.15. The highest BCUT2D eigenvalue weighted by Gasteiger charge is 2.20. The summed E-state index contributed by atoms with van der Waals surface area (Å²) >= 11 is 0. The number of anilines is 1. The second-order valence-corrected chi connectivity index (χ2v) is 6.41. The molecule has 8 heteroatoms. The van der Waals surface area contributed by atoms with Crippen LogP contribution in [0.5, 0.6) is 17.4 Å². The molecule has 1 saturated heterocycles. The number of ether oxygens (including phenoxy) is 2. The van der Waals surface area contributed by atoms with Gasteiger partial charge in [0.2, 0.25) is 11.8 Å². The van der Waals surface area contributed by atoms with Crippen LogP contribution in [-0.4, -0.2) is 60.0 Å². The Morgan fingerprint density at radius 3 is 2.39 bits per heavy atom. The molecule has 0 aliphatic carbocycles. The number of aromatic nitrogens is 1. The van der Waals surface area contributed by atoms with E-state index in [4.69, 9.17) is 9.47 Å². The van der Waals surface area contributed by atoms with Gasteiger partial charge in [0.05, 0.1) is 19.0 Å². The van der Waals surface area contributed by atoms with Crippen molar-refractivity contribution in [3.63, 3.8) is 0 Å². The van der Waals surface area contributed by atoms with Crippen molar-refractivity contribution in [3.8, 4) is 17.4 Å². The van der Waals surface area contributed by atoms with Crippen LogP contribution in [0, 0.1) is 0 Å². The average molecular weight is 384 g/mol. The van der Waals surface area contributed by atoms with E-state index in [-0.39, 0.29) is 11.9 Å². The summed E-state index contributed by atoms with van der Waals surface area (Å²) in [4.78, 5) is 31.7. The number of para-hydroxylation sites is 2. The number of carbonyl (C=O) groups is 2. The Labute approximate surface area is 164 Å². The van der Waals surface area contributed by atoms with Crippen LogP contribution in [0.3, 0.4) is 0 Å².